The molecule has 0 saturated carbocycles. The van der Waals surface area contributed by atoms with Gasteiger partial charge in [-0.25, -0.2) is 0 Å². The molecule has 0 aromatic carbocycles. The quantitative estimate of drug-likeness (QED) is 0.418. The average molecular weight is 306 g/mol. The highest BCUT2D eigenvalue weighted by Crippen LogP contribution is 2.00. The van der Waals surface area contributed by atoms with Crippen molar-refractivity contribution in [3.8, 4) is 0 Å². The second kappa shape index (κ2) is 17.9. The summed E-state index contributed by atoms with van der Waals surface area (Å²) < 4.78 is 21.6. The predicted molar refractivity (Wildman–Crippen MR) is 83.7 cm³/mol. The van der Waals surface area contributed by atoms with Gasteiger partial charge in [0.05, 0.1) is 45.7 Å². The molecule has 5 heteroatoms. The van der Waals surface area contributed by atoms with Gasteiger partial charge in [-0.15, -0.1) is 0 Å². The number of hydrogen-bond acceptors (Lipinski definition) is 5. The molecule has 1 N–H and O–H groups in total. The van der Waals surface area contributed by atoms with Crippen LogP contribution in [0.3, 0.4) is 0 Å². The first-order valence-electron chi connectivity index (χ1n) is 8.30. The molecule has 0 saturated heterocycles. The van der Waals surface area contributed by atoms with E-state index in [1.54, 1.807) is 0 Å². The Hall–Kier alpha value is -0.200. The normalized spacial score (nSPS) is 12.7. The van der Waals surface area contributed by atoms with E-state index in [4.69, 9.17) is 18.9 Å². The number of unbranched alkanes of at least 4 members (excludes halogenated alkanes) is 1. The molecule has 0 spiro atoms. The number of aliphatic hydroxyl groups excluding tert-OH is 1. The summed E-state index contributed by atoms with van der Waals surface area (Å²) in [6.07, 6.45) is 4.61. The molecule has 0 radical (unpaired) electrons. The summed E-state index contributed by atoms with van der Waals surface area (Å²) in [6, 6.07) is 0. The maximum Gasteiger partial charge on any atom is 0.0701 e. The molecular weight excluding hydrogens is 272 g/mol. The van der Waals surface area contributed by atoms with Gasteiger partial charge in [-0.1, -0.05) is 20.3 Å². The minimum absolute atomic E-state index is 0.187. The van der Waals surface area contributed by atoms with Gasteiger partial charge in [-0.3, -0.25) is 0 Å². The first kappa shape index (κ1) is 20.8. The van der Waals surface area contributed by atoms with Crippen LogP contribution in [0.4, 0.5) is 0 Å². The molecule has 0 aliphatic carbocycles. The van der Waals surface area contributed by atoms with Crippen LogP contribution in [0.5, 0.6) is 0 Å². The highest BCUT2D eigenvalue weighted by atomic mass is 16.6. The van der Waals surface area contributed by atoms with E-state index in [-0.39, 0.29) is 6.10 Å². The molecule has 0 aromatic rings. The van der Waals surface area contributed by atoms with Crippen molar-refractivity contribution >= 4 is 0 Å². The summed E-state index contributed by atoms with van der Waals surface area (Å²) in [7, 11) is 0. The third kappa shape index (κ3) is 17.7. The van der Waals surface area contributed by atoms with Gasteiger partial charge in [-0.05, 0) is 25.7 Å². The smallest absolute Gasteiger partial charge is 0.0701 e. The molecule has 0 rings (SSSR count). The van der Waals surface area contributed by atoms with E-state index >= 15 is 0 Å². The predicted octanol–water partition coefficient (Wildman–Crippen LogP) is 2.40. The molecule has 0 amide bonds. The van der Waals surface area contributed by atoms with E-state index in [1.807, 2.05) is 6.92 Å². The lowest BCUT2D eigenvalue weighted by Gasteiger charge is -2.08. The molecule has 1 atom stereocenters. The Labute approximate surface area is 129 Å². The van der Waals surface area contributed by atoms with Crippen LogP contribution in [-0.2, 0) is 18.9 Å². The fourth-order valence-corrected chi connectivity index (χ4v) is 1.63. The Morgan fingerprint density at radius 3 is 1.52 bits per heavy atom. The van der Waals surface area contributed by atoms with Crippen LogP contribution >= 0.6 is 0 Å². The zero-order valence-electron chi connectivity index (χ0n) is 13.8. The Morgan fingerprint density at radius 2 is 1.10 bits per heavy atom. The minimum Gasteiger partial charge on any atom is -0.393 e. The first-order valence-corrected chi connectivity index (χ1v) is 8.30. The standard InChI is InChI=1S/C16H34O5/c1-3-5-8-18-10-12-20-14-15-21-13-11-19-9-6-7-16(17)4-2/h16-17H,3-15H2,1-2H3. The average Bonchev–Trinajstić information content (AvgIpc) is 2.50. The highest BCUT2D eigenvalue weighted by molar-refractivity contribution is 4.51. The molecule has 0 aromatic heterocycles. The van der Waals surface area contributed by atoms with Crippen molar-refractivity contribution in [3.63, 3.8) is 0 Å². The molecule has 0 aliphatic rings. The van der Waals surface area contributed by atoms with Crippen molar-refractivity contribution in [3.05, 3.63) is 0 Å². The summed E-state index contributed by atoms with van der Waals surface area (Å²) >= 11 is 0. The van der Waals surface area contributed by atoms with Crippen LogP contribution in [0, 0.1) is 0 Å². The van der Waals surface area contributed by atoms with Crippen molar-refractivity contribution in [2.45, 2.75) is 52.1 Å². The summed E-state index contributed by atoms with van der Waals surface area (Å²) in [5.41, 5.74) is 0. The SMILES string of the molecule is CCCCOCCOCCOCCOCCCC(O)CC. The van der Waals surface area contributed by atoms with Gasteiger partial charge in [0.2, 0.25) is 0 Å². The van der Waals surface area contributed by atoms with Gasteiger partial charge in [0.25, 0.3) is 0 Å². The van der Waals surface area contributed by atoms with Gasteiger partial charge in [0.1, 0.15) is 0 Å². The fraction of sp³-hybridized carbons (Fsp3) is 1.00. The van der Waals surface area contributed by atoms with Crippen LogP contribution in [0.1, 0.15) is 46.0 Å². The Morgan fingerprint density at radius 1 is 0.667 bits per heavy atom. The molecular formula is C16H34O5. The van der Waals surface area contributed by atoms with Crippen LogP contribution in [0.25, 0.3) is 0 Å². The Kier molecular flexibility index (Phi) is 17.7. The van der Waals surface area contributed by atoms with Gasteiger partial charge in [0, 0.05) is 13.2 Å². The second-order valence-electron chi connectivity index (χ2n) is 5.01. The third-order valence-corrected chi connectivity index (χ3v) is 3.06. The van der Waals surface area contributed by atoms with E-state index in [0.717, 1.165) is 38.7 Å². The number of rotatable bonds is 17. The highest BCUT2D eigenvalue weighted by Gasteiger charge is 1.99. The zero-order valence-corrected chi connectivity index (χ0v) is 13.8. The summed E-state index contributed by atoms with van der Waals surface area (Å²) in [6.45, 7) is 9.31. The number of aliphatic hydroxyl groups is 1. The van der Waals surface area contributed by atoms with Crippen molar-refractivity contribution in [1.29, 1.82) is 0 Å². The Bertz CT molecular complexity index is 190. The summed E-state index contributed by atoms with van der Waals surface area (Å²) in [5.74, 6) is 0. The van der Waals surface area contributed by atoms with Gasteiger partial charge < -0.3 is 24.1 Å². The number of ether oxygens (including phenoxy) is 4. The van der Waals surface area contributed by atoms with Crippen LogP contribution < -0.4 is 0 Å². The van der Waals surface area contributed by atoms with E-state index in [9.17, 15) is 5.11 Å². The minimum atomic E-state index is -0.187. The van der Waals surface area contributed by atoms with E-state index in [0.29, 0.717) is 46.2 Å². The summed E-state index contributed by atoms with van der Waals surface area (Å²) in [5, 5.41) is 9.36. The molecule has 0 heterocycles. The zero-order chi connectivity index (χ0) is 15.6. The molecule has 128 valence electrons. The van der Waals surface area contributed by atoms with Crippen molar-refractivity contribution in [2.75, 3.05) is 52.9 Å². The Balaban J connectivity index is 2.96. The van der Waals surface area contributed by atoms with Crippen LogP contribution in [0.2, 0.25) is 0 Å². The van der Waals surface area contributed by atoms with Crippen LogP contribution in [0.15, 0.2) is 0 Å². The van der Waals surface area contributed by atoms with E-state index < -0.39 is 0 Å². The largest absolute Gasteiger partial charge is 0.393 e. The van der Waals surface area contributed by atoms with Gasteiger partial charge >= 0.3 is 0 Å². The lowest BCUT2D eigenvalue weighted by Crippen LogP contribution is -2.12. The van der Waals surface area contributed by atoms with Crippen molar-refractivity contribution < 1.29 is 24.1 Å². The molecule has 0 bridgehead atoms. The summed E-state index contributed by atoms with van der Waals surface area (Å²) in [4.78, 5) is 0. The third-order valence-electron chi connectivity index (χ3n) is 3.06. The maximum atomic E-state index is 9.36. The molecule has 21 heavy (non-hydrogen) atoms. The molecule has 5 nitrogen and oxygen atoms in total. The number of hydrogen-bond donors (Lipinski definition) is 1. The van der Waals surface area contributed by atoms with Crippen LogP contribution in [-0.4, -0.2) is 64.1 Å². The van der Waals surface area contributed by atoms with Gasteiger partial charge in [-0.2, -0.15) is 0 Å². The molecule has 0 aliphatic heterocycles. The van der Waals surface area contributed by atoms with E-state index in [1.165, 1.54) is 0 Å². The lowest BCUT2D eigenvalue weighted by molar-refractivity contribution is -0.00313. The van der Waals surface area contributed by atoms with Crippen molar-refractivity contribution in [1.82, 2.24) is 0 Å². The topological polar surface area (TPSA) is 57.2 Å². The fourth-order valence-electron chi connectivity index (χ4n) is 1.63. The van der Waals surface area contributed by atoms with E-state index in [2.05, 4.69) is 6.92 Å². The first-order chi connectivity index (χ1) is 10.3. The maximum absolute atomic E-state index is 9.36. The molecule has 1 unspecified atom stereocenters. The second-order valence-corrected chi connectivity index (χ2v) is 5.01. The lowest BCUT2D eigenvalue weighted by atomic mass is 10.2. The van der Waals surface area contributed by atoms with Gasteiger partial charge in [0.15, 0.2) is 0 Å². The monoisotopic (exact) mass is 306 g/mol. The van der Waals surface area contributed by atoms with Crippen molar-refractivity contribution in [2.24, 2.45) is 0 Å². The molecule has 0 fully saturated rings.